The van der Waals surface area contributed by atoms with Gasteiger partial charge in [-0.2, -0.15) is 0 Å². The zero-order chi connectivity index (χ0) is 12.8. The Morgan fingerprint density at radius 1 is 1.41 bits per heavy atom. The van der Waals surface area contributed by atoms with Gasteiger partial charge in [-0.25, -0.2) is 9.18 Å². The number of hydrogen-bond acceptors (Lipinski definition) is 4. The highest BCUT2D eigenvalue weighted by atomic mass is 19.1. The predicted octanol–water partition coefficient (Wildman–Crippen LogP) is 0.770. The van der Waals surface area contributed by atoms with Crippen LogP contribution in [0.5, 0.6) is 0 Å². The van der Waals surface area contributed by atoms with E-state index < -0.39 is 17.7 Å². The number of esters is 1. The Bertz CT molecular complexity index is 435. The van der Waals surface area contributed by atoms with E-state index in [-0.39, 0.29) is 17.8 Å². The maximum atomic E-state index is 13.4. The zero-order valence-electron chi connectivity index (χ0n) is 9.54. The van der Waals surface area contributed by atoms with Crippen molar-refractivity contribution in [2.45, 2.75) is 0 Å². The van der Waals surface area contributed by atoms with Crippen LogP contribution in [0, 0.1) is 5.82 Å². The van der Waals surface area contributed by atoms with Crippen LogP contribution in [-0.4, -0.2) is 32.6 Å². The van der Waals surface area contributed by atoms with Crippen molar-refractivity contribution >= 4 is 17.6 Å². The van der Waals surface area contributed by atoms with E-state index in [1.807, 2.05) is 0 Å². The molecule has 0 saturated carbocycles. The Labute approximate surface area is 98.0 Å². The summed E-state index contributed by atoms with van der Waals surface area (Å²) in [5, 5.41) is 4.98. The van der Waals surface area contributed by atoms with Crippen molar-refractivity contribution in [2.75, 3.05) is 26.0 Å². The molecule has 0 radical (unpaired) electrons. The average Bonchev–Trinajstić information content (AvgIpc) is 2.31. The molecular formula is C11H13FN2O3. The van der Waals surface area contributed by atoms with Crippen LogP contribution in [0.1, 0.15) is 10.4 Å². The van der Waals surface area contributed by atoms with Crippen LogP contribution in [0.4, 0.5) is 10.1 Å². The number of amides is 1. The van der Waals surface area contributed by atoms with Gasteiger partial charge in [-0.05, 0) is 25.2 Å². The molecule has 0 heterocycles. The fraction of sp³-hybridized carbons (Fsp3) is 0.273. The van der Waals surface area contributed by atoms with E-state index in [2.05, 4.69) is 15.4 Å². The van der Waals surface area contributed by atoms with Gasteiger partial charge < -0.3 is 15.4 Å². The molecule has 0 aliphatic heterocycles. The van der Waals surface area contributed by atoms with E-state index in [0.29, 0.717) is 0 Å². The molecular weight excluding hydrogens is 227 g/mol. The summed E-state index contributed by atoms with van der Waals surface area (Å²) in [6.07, 6.45) is 0. The summed E-state index contributed by atoms with van der Waals surface area (Å²) in [5.74, 6) is -1.59. The molecule has 0 aliphatic carbocycles. The predicted molar refractivity (Wildman–Crippen MR) is 60.3 cm³/mol. The van der Waals surface area contributed by atoms with Gasteiger partial charge in [0.2, 0.25) is 5.91 Å². The summed E-state index contributed by atoms with van der Waals surface area (Å²) in [4.78, 5) is 22.5. The Balaban J connectivity index is 2.90. The number of carbonyl (C=O) groups excluding carboxylic acids is 2. The summed E-state index contributed by atoms with van der Waals surface area (Å²) in [6, 6.07) is 3.62. The first-order valence-corrected chi connectivity index (χ1v) is 4.90. The highest BCUT2D eigenvalue weighted by Crippen LogP contribution is 2.16. The van der Waals surface area contributed by atoms with Crippen LogP contribution in [0.25, 0.3) is 0 Å². The molecule has 1 aromatic rings. The van der Waals surface area contributed by atoms with E-state index >= 15 is 0 Å². The lowest BCUT2D eigenvalue weighted by molar-refractivity contribution is -0.115. The minimum atomic E-state index is -0.609. The fourth-order valence-electron chi connectivity index (χ4n) is 1.22. The highest BCUT2D eigenvalue weighted by Gasteiger charge is 2.11. The Morgan fingerprint density at radius 2 is 2.12 bits per heavy atom. The molecule has 0 fully saturated rings. The van der Waals surface area contributed by atoms with Gasteiger partial charge in [-0.3, -0.25) is 4.79 Å². The SMILES string of the molecule is CNCC(=O)Nc1cc(C(=O)OC)ccc1F. The zero-order valence-corrected chi connectivity index (χ0v) is 9.54. The van der Waals surface area contributed by atoms with Crippen molar-refractivity contribution < 1.29 is 18.7 Å². The van der Waals surface area contributed by atoms with Crippen molar-refractivity contribution in [3.63, 3.8) is 0 Å². The fourth-order valence-corrected chi connectivity index (χ4v) is 1.22. The van der Waals surface area contributed by atoms with Gasteiger partial charge >= 0.3 is 5.97 Å². The number of likely N-dealkylation sites (N-methyl/N-ethyl adjacent to an activating group) is 1. The van der Waals surface area contributed by atoms with E-state index in [9.17, 15) is 14.0 Å². The second-order valence-corrected chi connectivity index (χ2v) is 3.26. The summed E-state index contributed by atoms with van der Waals surface area (Å²) < 4.78 is 17.8. The first-order valence-electron chi connectivity index (χ1n) is 4.90. The Hall–Kier alpha value is -1.95. The van der Waals surface area contributed by atoms with Crippen LogP contribution in [0.2, 0.25) is 0 Å². The van der Waals surface area contributed by atoms with Gasteiger partial charge in [0.25, 0.3) is 0 Å². The second kappa shape index (κ2) is 5.95. The average molecular weight is 240 g/mol. The summed E-state index contributed by atoms with van der Waals surface area (Å²) in [6.45, 7) is 0.0574. The van der Waals surface area contributed by atoms with Gasteiger partial charge in [0.15, 0.2) is 0 Å². The molecule has 1 rings (SSSR count). The largest absolute Gasteiger partial charge is 0.465 e. The number of hydrogen-bond donors (Lipinski definition) is 2. The molecule has 5 nitrogen and oxygen atoms in total. The quantitative estimate of drug-likeness (QED) is 0.763. The van der Waals surface area contributed by atoms with Crippen molar-refractivity contribution in [3.8, 4) is 0 Å². The third kappa shape index (κ3) is 3.53. The molecule has 1 amide bonds. The molecule has 0 spiro atoms. The summed E-state index contributed by atoms with van der Waals surface area (Å²) >= 11 is 0. The van der Waals surface area contributed by atoms with Gasteiger partial charge in [-0.1, -0.05) is 0 Å². The summed E-state index contributed by atoms with van der Waals surface area (Å²) in [7, 11) is 2.83. The molecule has 0 aromatic heterocycles. The minimum absolute atomic E-state index is 0.0480. The second-order valence-electron chi connectivity index (χ2n) is 3.26. The van der Waals surface area contributed by atoms with Crippen molar-refractivity contribution in [3.05, 3.63) is 29.6 Å². The molecule has 1 aromatic carbocycles. The monoisotopic (exact) mass is 240 g/mol. The molecule has 6 heteroatoms. The number of anilines is 1. The Morgan fingerprint density at radius 3 is 2.71 bits per heavy atom. The van der Waals surface area contributed by atoms with E-state index in [1.54, 1.807) is 7.05 Å². The third-order valence-corrected chi connectivity index (χ3v) is 2.00. The standard InChI is InChI=1S/C11H13FN2O3/c1-13-6-10(15)14-9-5-7(11(16)17-2)3-4-8(9)12/h3-5,13H,6H2,1-2H3,(H,14,15). The first kappa shape index (κ1) is 13.1. The van der Waals surface area contributed by atoms with Crippen LogP contribution >= 0.6 is 0 Å². The van der Waals surface area contributed by atoms with Gasteiger partial charge in [0, 0.05) is 0 Å². The van der Waals surface area contributed by atoms with Crippen LogP contribution in [-0.2, 0) is 9.53 Å². The molecule has 92 valence electrons. The van der Waals surface area contributed by atoms with Crippen LogP contribution in [0.3, 0.4) is 0 Å². The van der Waals surface area contributed by atoms with Crippen molar-refractivity contribution in [1.29, 1.82) is 0 Å². The minimum Gasteiger partial charge on any atom is -0.465 e. The molecule has 17 heavy (non-hydrogen) atoms. The lowest BCUT2D eigenvalue weighted by Crippen LogP contribution is -2.25. The molecule has 0 atom stereocenters. The van der Waals surface area contributed by atoms with Gasteiger partial charge in [0.05, 0.1) is 24.9 Å². The van der Waals surface area contributed by atoms with Gasteiger partial charge in [0.1, 0.15) is 5.82 Å². The molecule has 0 unspecified atom stereocenters. The molecule has 2 N–H and O–H groups in total. The number of methoxy groups -OCH3 is 1. The van der Waals surface area contributed by atoms with Crippen LogP contribution in [0.15, 0.2) is 18.2 Å². The number of benzene rings is 1. The Kier molecular flexibility index (Phi) is 4.59. The lowest BCUT2D eigenvalue weighted by atomic mass is 10.2. The highest BCUT2D eigenvalue weighted by molar-refractivity contribution is 5.95. The van der Waals surface area contributed by atoms with Gasteiger partial charge in [-0.15, -0.1) is 0 Å². The van der Waals surface area contributed by atoms with E-state index in [1.165, 1.54) is 19.2 Å². The molecule has 0 bridgehead atoms. The third-order valence-electron chi connectivity index (χ3n) is 2.00. The van der Waals surface area contributed by atoms with Crippen molar-refractivity contribution in [1.82, 2.24) is 5.32 Å². The topological polar surface area (TPSA) is 67.4 Å². The first-order chi connectivity index (χ1) is 8.08. The van der Waals surface area contributed by atoms with E-state index in [4.69, 9.17) is 0 Å². The number of halogens is 1. The normalized spacial score (nSPS) is 9.82. The van der Waals surface area contributed by atoms with Crippen LogP contribution < -0.4 is 10.6 Å². The number of carbonyl (C=O) groups is 2. The number of nitrogens with one attached hydrogen (secondary N) is 2. The maximum Gasteiger partial charge on any atom is 0.337 e. The number of ether oxygens (including phenoxy) is 1. The number of rotatable bonds is 4. The molecule has 0 saturated heterocycles. The lowest BCUT2D eigenvalue weighted by Gasteiger charge is -2.07. The van der Waals surface area contributed by atoms with E-state index in [0.717, 1.165) is 6.07 Å². The smallest absolute Gasteiger partial charge is 0.337 e. The maximum absolute atomic E-state index is 13.4. The summed E-state index contributed by atoms with van der Waals surface area (Å²) in [5.41, 5.74) is 0.127. The molecule has 0 aliphatic rings. The van der Waals surface area contributed by atoms with Crippen molar-refractivity contribution in [2.24, 2.45) is 0 Å².